The van der Waals surface area contributed by atoms with Gasteiger partial charge in [0.15, 0.2) is 0 Å². The van der Waals surface area contributed by atoms with Crippen molar-refractivity contribution in [2.45, 2.75) is 18.2 Å². The van der Waals surface area contributed by atoms with E-state index in [0.717, 1.165) is 0 Å². The van der Waals surface area contributed by atoms with Crippen molar-refractivity contribution < 1.29 is 18.9 Å². The number of carboxylic acids is 1. The lowest BCUT2D eigenvalue weighted by Gasteiger charge is -2.07. The second-order valence-corrected chi connectivity index (χ2v) is 5.53. The number of aliphatic carboxylic acids is 1. The molecule has 0 bridgehead atoms. The van der Waals surface area contributed by atoms with Crippen molar-refractivity contribution in [1.82, 2.24) is 0 Å². The summed E-state index contributed by atoms with van der Waals surface area (Å²) in [6.07, 6.45) is -0.0649. The molecule has 0 heterocycles. The molecule has 6 heteroatoms. The van der Waals surface area contributed by atoms with E-state index in [4.69, 9.17) is 10.8 Å². The fraction of sp³-hybridized carbons (Fsp3) is 0.333. The van der Waals surface area contributed by atoms with E-state index in [1.54, 1.807) is 31.2 Å². The number of benzene rings is 1. The van der Waals surface area contributed by atoms with Gasteiger partial charge in [-0.25, -0.2) is 0 Å². The van der Waals surface area contributed by atoms with Crippen molar-refractivity contribution in [1.29, 1.82) is 0 Å². The topological polar surface area (TPSA) is 97.5 Å². The number of rotatable bonds is 6. The first-order valence-corrected chi connectivity index (χ1v) is 6.70. The average Bonchev–Trinajstić information content (AvgIpc) is 2.28. The molecule has 1 aromatic carbocycles. The summed E-state index contributed by atoms with van der Waals surface area (Å²) in [5.41, 5.74) is 5.75. The van der Waals surface area contributed by atoms with E-state index in [9.17, 15) is 13.8 Å². The normalized spacial score (nSPS) is 13.8. The monoisotopic (exact) mass is 269 g/mol. The van der Waals surface area contributed by atoms with Gasteiger partial charge in [-0.2, -0.15) is 0 Å². The van der Waals surface area contributed by atoms with Gasteiger partial charge in [-0.05, 0) is 17.7 Å². The molecule has 0 aliphatic heterocycles. The zero-order chi connectivity index (χ0) is 13.7. The molecule has 1 aromatic rings. The van der Waals surface area contributed by atoms with Crippen LogP contribution in [0.3, 0.4) is 0 Å². The molecule has 2 atom stereocenters. The maximum Gasteiger partial charge on any atom is 0.307 e. The second-order valence-electron chi connectivity index (χ2n) is 4.03. The van der Waals surface area contributed by atoms with Crippen molar-refractivity contribution in [3.8, 4) is 0 Å². The zero-order valence-corrected chi connectivity index (χ0v) is 10.8. The summed E-state index contributed by atoms with van der Waals surface area (Å²) in [4.78, 5) is 21.9. The third-order valence-corrected chi connectivity index (χ3v) is 4.03. The molecule has 1 amide bonds. The molecular formula is C12H15NO4S. The Morgan fingerprint density at radius 1 is 1.33 bits per heavy atom. The highest BCUT2D eigenvalue weighted by atomic mass is 32.2. The largest absolute Gasteiger partial charge is 0.481 e. The molecule has 3 N–H and O–H groups in total. The summed E-state index contributed by atoms with van der Waals surface area (Å²) in [5.74, 6) is -1.67. The van der Waals surface area contributed by atoms with E-state index in [1.165, 1.54) is 0 Å². The van der Waals surface area contributed by atoms with Gasteiger partial charge in [0, 0.05) is 16.6 Å². The highest BCUT2D eigenvalue weighted by Gasteiger charge is 2.14. The minimum atomic E-state index is -1.30. The van der Waals surface area contributed by atoms with Crippen LogP contribution in [-0.2, 0) is 26.8 Å². The zero-order valence-electron chi connectivity index (χ0n) is 9.96. The minimum absolute atomic E-state index is 0.0649. The molecule has 2 unspecified atom stereocenters. The summed E-state index contributed by atoms with van der Waals surface area (Å²) in [5, 5.41) is 8.61. The van der Waals surface area contributed by atoms with Gasteiger partial charge in [-0.3, -0.25) is 13.8 Å². The highest BCUT2D eigenvalue weighted by molar-refractivity contribution is 7.85. The van der Waals surface area contributed by atoms with Crippen molar-refractivity contribution in [3.05, 3.63) is 29.8 Å². The van der Waals surface area contributed by atoms with E-state index in [-0.39, 0.29) is 12.2 Å². The number of hydrogen-bond acceptors (Lipinski definition) is 3. The molecule has 98 valence electrons. The molecule has 0 aliphatic carbocycles. The van der Waals surface area contributed by atoms with Crippen LogP contribution in [0.5, 0.6) is 0 Å². The number of nitrogens with two attached hydrogens (primary N) is 1. The van der Waals surface area contributed by atoms with Gasteiger partial charge < -0.3 is 10.8 Å². The Balaban J connectivity index is 2.70. The van der Waals surface area contributed by atoms with Crippen LogP contribution in [0.1, 0.15) is 12.5 Å². The Kier molecular flexibility index (Phi) is 5.03. The molecule has 0 aromatic heterocycles. The molecule has 0 radical (unpaired) electrons. The van der Waals surface area contributed by atoms with Crippen LogP contribution in [0.25, 0.3) is 0 Å². The Morgan fingerprint density at radius 3 is 2.33 bits per heavy atom. The molecular weight excluding hydrogens is 254 g/mol. The van der Waals surface area contributed by atoms with Crippen LogP contribution in [0, 0.1) is 5.92 Å². The fourth-order valence-corrected chi connectivity index (χ4v) is 2.59. The quantitative estimate of drug-likeness (QED) is 0.787. The minimum Gasteiger partial charge on any atom is -0.481 e. The molecule has 0 saturated heterocycles. The lowest BCUT2D eigenvalue weighted by molar-refractivity contribution is -0.136. The van der Waals surface area contributed by atoms with Gasteiger partial charge in [-0.1, -0.05) is 19.1 Å². The average molecular weight is 269 g/mol. The first kappa shape index (κ1) is 14.4. The van der Waals surface area contributed by atoms with Gasteiger partial charge in [-0.15, -0.1) is 0 Å². The number of hydrogen-bond donors (Lipinski definition) is 2. The van der Waals surface area contributed by atoms with E-state index in [1.807, 2.05) is 0 Å². The second kappa shape index (κ2) is 6.30. The van der Waals surface area contributed by atoms with Gasteiger partial charge in [0.25, 0.3) is 0 Å². The van der Waals surface area contributed by atoms with Crippen molar-refractivity contribution >= 4 is 22.7 Å². The van der Waals surface area contributed by atoms with Gasteiger partial charge >= 0.3 is 5.97 Å². The molecule has 0 fully saturated rings. The third-order valence-electron chi connectivity index (χ3n) is 2.43. The van der Waals surface area contributed by atoms with E-state index >= 15 is 0 Å². The summed E-state index contributed by atoms with van der Waals surface area (Å²) in [6, 6.07) is 6.47. The van der Waals surface area contributed by atoms with E-state index < -0.39 is 28.6 Å². The molecule has 5 nitrogen and oxygen atoms in total. The van der Waals surface area contributed by atoms with E-state index in [0.29, 0.717) is 10.5 Å². The number of amides is 1. The lowest BCUT2D eigenvalue weighted by atomic mass is 10.2. The maximum atomic E-state index is 11.9. The van der Waals surface area contributed by atoms with Crippen LogP contribution in [0.2, 0.25) is 0 Å². The Bertz CT molecular complexity index is 469. The summed E-state index contributed by atoms with van der Waals surface area (Å²) in [6.45, 7) is 1.62. The van der Waals surface area contributed by atoms with Crippen molar-refractivity contribution in [3.63, 3.8) is 0 Å². The molecule has 1 rings (SSSR count). The van der Waals surface area contributed by atoms with Crippen LogP contribution in [0.15, 0.2) is 29.2 Å². The Labute approximate surface area is 107 Å². The standard InChI is InChI=1S/C12H15NO4S/c1-8(12(13)16)7-18(17)10-4-2-9(3-5-10)6-11(14)15/h2-5,8H,6-7H2,1H3,(H2,13,16)(H,14,15). The molecule has 0 spiro atoms. The van der Waals surface area contributed by atoms with Crippen molar-refractivity contribution in [2.24, 2.45) is 11.7 Å². The Morgan fingerprint density at radius 2 is 1.89 bits per heavy atom. The number of primary amides is 1. The van der Waals surface area contributed by atoms with Gasteiger partial charge in [0.05, 0.1) is 17.2 Å². The van der Waals surface area contributed by atoms with Gasteiger partial charge in [0.2, 0.25) is 5.91 Å². The fourth-order valence-electron chi connectivity index (χ4n) is 1.34. The first-order valence-electron chi connectivity index (χ1n) is 5.38. The highest BCUT2D eigenvalue weighted by Crippen LogP contribution is 2.12. The lowest BCUT2D eigenvalue weighted by Crippen LogP contribution is -2.25. The maximum absolute atomic E-state index is 11.9. The predicted molar refractivity (Wildman–Crippen MR) is 67.4 cm³/mol. The predicted octanol–water partition coefficient (Wildman–Crippen LogP) is 0.543. The first-order chi connectivity index (χ1) is 8.40. The SMILES string of the molecule is CC(CS(=O)c1ccc(CC(=O)O)cc1)C(N)=O. The van der Waals surface area contributed by atoms with Crippen LogP contribution in [0.4, 0.5) is 0 Å². The molecule has 0 aliphatic rings. The molecule has 18 heavy (non-hydrogen) atoms. The number of carboxylic acid groups (broad SMARTS) is 1. The molecule has 0 saturated carbocycles. The summed E-state index contributed by atoms with van der Waals surface area (Å²) >= 11 is 0. The number of carbonyl (C=O) groups excluding carboxylic acids is 1. The summed E-state index contributed by atoms with van der Waals surface area (Å²) < 4.78 is 11.9. The summed E-state index contributed by atoms with van der Waals surface area (Å²) in [7, 11) is -1.30. The van der Waals surface area contributed by atoms with Crippen molar-refractivity contribution in [2.75, 3.05) is 5.75 Å². The van der Waals surface area contributed by atoms with E-state index in [2.05, 4.69) is 0 Å². The Hall–Kier alpha value is -1.69. The van der Waals surface area contributed by atoms with Gasteiger partial charge in [0.1, 0.15) is 0 Å². The van der Waals surface area contributed by atoms with Crippen LogP contribution >= 0.6 is 0 Å². The van der Waals surface area contributed by atoms with Crippen LogP contribution in [-0.4, -0.2) is 26.9 Å². The van der Waals surface area contributed by atoms with Crippen LogP contribution < -0.4 is 5.73 Å². The smallest absolute Gasteiger partial charge is 0.307 e. The third kappa shape index (κ3) is 4.29. The number of carbonyl (C=O) groups is 2.